The van der Waals surface area contributed by atoms with Crippen molar-refractivity contribution < 1.29 is 9.59 Å². The van der Waals surface area contributed by atoms with Crippen molar-refractivity contribution in [1.82, 2.24) is 20.1 Å². The van der Waals surface area contributed by atoms with Crippen molar-refractivity contribution in [2.24, 2.45) is 0 Å². The minimum Gasteiger partial charge on any atom is -0.361 e. The Morgan fingerprint density at radius 2 is 2.04 bits per heavy atom. The highest BCUT2D eigenvalue weighted by Crippen LogP contribution is 2.43. The Morgan fingerprint density at radius 1 is 1.29 bits per heavy atom. The molecular weight excluding hydrogens is 352 g/mol. The van der Waals surface area contributed by atoms with Crippen LogP contribution in [0.15, 0.2) is 18.3 Å². The summed E-state index contributed by atoms with van der Waals surface area (Å²) >= 11 is 0. The number of Topliss-reactive ketones (excluding diaryl/α,β-unsaturated/α-hetero) is 1. The number of aromatic nitrogens is 1. The Balaban J connectivity index is 1.67. The predicted molar refractivity (Wildman–Crippen MR) is 111 cm³/mol. The molecule has 6 heteroatoms. The van der Waals surface area contributed by atoms with E-state index in [1.54, 1.807) is 6.92 Å². The first-order valence-corrected chi connectivity index (χ1v) is 10.3. The summed E-state index contributed by atoms with van der Waals surface area (Å²) in [7, 11) is 2.15. The number of piperidine rings is 1. The van der Waals surface area contributed by atoms with E-state index in [9.17, 15) is 9.59 Å². The number of H-pyrrole nitrogens is 1. The number of likely N-dealkylation sites (N-methyl/N-ethyl adjacent to an activating group) is 1. The van der Waals surface area contributed by atoms with E-state index >= 15 is 0 Å². The lowest BCUT2D eigenvalue weighted by Crippen LogP contribution is -2.56. The maximum Gasteiger partial charge on any atom is 0.317 e. The molecule has 2 aliphatic rings. The smallest absolute Gasteiger partial charge is 0.317 e. The van der Waals surface area contributed by atoms with Crippen molar-refractivity contribution in [3.8, 4) is 0 Å². The molecule has 1 aliphatic heterocycles. The number of carbonyl (C=O) groups excluding carboxylic acids is 2. The third kappa shape index (κ3) is 3.09. The highest BCUT2D eigenvalue weighted by molar-refractivity contribution is 6.00. The second kappa shape index (κ2) is 7.24. The summed E-state index contributed by atoms with van der Waals surface area (Å²) in [6, 6.07) is 4.58. The quantitative estimate of drug-likeness (QED) is 0.799. The number of benzene rings is 1. The van der Waals surface area contributed by atoms with Crippen molar-refractivity contribution >= 4 is 22.7 Å². The van der Waals surface area contributed by atoms with Crippen LogP contribution >= 0.6 is 0 Å². The SMILES string of the molecule is CCN(CC)C(=O)N[C@H]1CC2c3cc(C(C)=O)cc4[nH]cc(c34)C[C@H]2N(C)C1. The van der Waals surface area contributed by atoms with E-state index < -0.39 is 0 Å². The van der Waals surface area contributed by atoms with Gasteiger partial charge in [-0.15, -0.1) is 0 Å². The van der Waals surface area contributed by atoms with Crippen LogP contribution in [0.25, 0.3) is 10.9 Å². The summed E-state index contributed by atoms with van der Waals surface area (Å²) in [6.07, 6.45) is 4.00. The van der Waals surface area contributed by atoms with Crippen LogP contribution in [-0.2, 0) is 6.42 Å². The normalized spacial score (nSPS) is 24.1. The number of aromatic amines is 1. The van der Waals surface area contributed by atoms with E-state index in [-0.39, 0.29) is 17.9 Å². The third-order valence-electron chi connectivity index (χ3n) is 6.58. The molecule has 1 unspecified atom stereocenters. The fourth-order valence-electron chi connectivity index (χ4n) is 5.10. The zero-order valence-electron chi connectivity index (χ0n) is 17.2. The predicted octanol–water partition coefficient (Wildman–Crippen LogP) is 3.13. The Kier molecular flexibility index (Phi) is 4.91. The fourth-order valence-corrected chi connectivity index (χ4v) is 5.10. The number of nitrogens with one attached hydrogen (secondary N) is 2. The lowest BCUT2D eigenvalue weighted by atomic mass is 9.73. The van der Waals surface area contributed by atoms with Gasteiger partial charge in [0.05, 0.1) is 0 Å². The van der Waals surface area contributed by atoms with Gasteiger partial charge in [-0.3, -0.25) is 4.79 Å². The Morgan fingerprint density at radius 3 is 2.71 bits per heavy atom. The van der Waals surface area contributed by atoms with Crippen molar-refractivity contribution in [2.45, 2.75) is 51.6 Å². The van der Waals surface area contributed by atoms with Crippen LogP contribution in [-0.4, -0.2) is 65.4 Å². The average molecular weight is 383 g/mol. The van der Waals surface area contributed by atoms with E-state index in [0.717, 1.165) is 30.5 Å². The van der Waals surface area contributed by atoms with Crippen molar-refractivity contribution in [2.75, 3.05) is 26.7 Å². The molecule has 0 saturated carbocycles. The fraction of sp³-hybridized carbons (Fsp3) is 0.545. The number of urea groups is 1. The van der Waals surface area contributed by atoms with Crippen LogP contribution in [0.2, 0.25) is 0 Å². The van der Waals surface area contributed by atoms with Crippen LogP contribution in [0.4, 0.5) is 4.79 Å². The molecule has 6 nitrogen and oxygen atoms in total. The minimum absolute atomic E-state index is 0.0163. The maximum atomic E-state index is 12.6. The number of hydrogen-bond donors (Lipinski definition) is 2. The summed E-state index contributed by atoms with van der Waals surface area (Å²) in [4.78, 5) is 32.2. The van der Waals surface area contributed by atoms with E-state index in [0.29, 0.717) is 25.0 Å². The highest BCUT2D eigenvalue weighted by atomic mass is 16.2. The molecule has 1 aliphatic carbocycles. The van der Waals surface area contributed by atoms with E-state index in [1.807, 2.05) is 24.8 Å². The summed E-state index contributed by atoms with van der Waals surface area (Å²) in [5.74, 6) is 0.401. The summed E-state index contributed by atoms with van der Waals surface area (Å²) in [6.45, 7) is 7.91. The Hall–Kier alpha value is -2.34. The van der Waals surface area contributed by atoms with Gasteiger partial charge in [-0.25, -0.2) is 4.79 Å². The van der Waals surface area contributed by atoms with Gasteiger partial charge < -0.3 is 20.1 Å². The molecule has 2 N–H and O–H groups in total. The van der Waals surface area contributed by atoms with Crippen LogP contribution in [0, 0.1) is 0 Å². The summed E-state index contributed by atoms with van der Waals surface area (Å²) < 4.78 is 0. The molecule has 0 radical (unpaired) electrons. The highest BCUT2D eigenvalue weighted by Gasteiger charge is 2.40. The van der Waals surface area contributed by atoms with Crippen molar-refractivity contribution in [3.63, 3.8) is 0 Å². The number of hydrogen-bond acceptors (Lipinski definition) is 3. The second-order valence-electron chi connectivity index (χ2n) is 8.23. The molecule has 0 bridgehead atoms. The maximum absolute atomic E-state index is 12.6. The molecule has 1 fully saturated rings. The largest absolute Gasteiger partial charge is 0.361 e. The Labute approximate surface area is 166 Å². The van der Waals surface area contributed by atoms with Gasteiger partial charge in [-0.2, -0.15) is 0 Å². The molecule has 1 aromatic carbocycles. The average Bonchev–Trinajstić information content (AvgIpc) is 3.07. The van der Waals surface area contributed by atoms with Gasteiger partial charge in [-0.05, 0) is 63.9 Å². The second-order valence-corrected chi connectivity index (χ2v) is 8.23. The van der Waals surface area contributed by atoms with E-state index in [2.05, 4.69) is 34.5 Å². The molecule has 0 spiro atoms. The van der Waals surface area contributed by atoms with Gasteiger partial charge in [0.25, 0.3) is 0 Å². The molecule has 28 heavy (non-hydrogen) atoms. The van der Waals surface area contributed by atoms with Crippen LogP contribution < -0.4 is 5.32 Å². The van der Waals surface area contributed by atoms with E-state index in [1.165, 1.54) is 16.5 Å². The zero-order valence-corrected chi connectivity index (χ0v) is 17.2. The molecule has 1 saturated heterocycles. The summed E-state index contributed by atoms with van der Waals surface area (Å²) in [5.41, 5.74) is 4.39. The number of fused-ring (bicyclic) bond motifs is 2. The number of rotatable bonds is 4. The summed E-state index contributed by atoms with van der Waals surface area (Å²) in [5, 5.41) is 4.52. The van der Waals surface area contributed by atoms with Gasteiger partial charge in [-0.1, -0.05) is 0 Å². The monoisotopic (exact) mass is 382 g/mol. The first-order chi connectivity index (χ1) is 13.4. The Bertz CT molecular complexity index is 915. The molecule has 1 aromatic heterocycles. The van der Waals surface area contributed by atoms with Gasteiger partial charge in [0.1, 0.15) is 0 Å². The lowest BCUT2D eigenvalue weighted by molar-refractivity contribution is 0.101. The van der Waals surface area contributed by atoms with Gasteiger partial charge >= 0.3 is 6.03 Å². The van der Waals surface area contributed by atoms with Crippen LogP contribution in [0.3, 0.4) is 0 Å². The topological polar surface area (TPSA) is 68.4 Å². The van der Waals surface area contributed by atoms with Gasteiger partial charge in [0, 0.05) is 60.3 Å². The molecule has 3 atom stereocenters. The van der Waals surface area contributed by atoms with E-state index in [4.69, 9.17) is 0 Å². The lowest BCUT2D eigenvalue weighted by Gasteiger charge is -2.46. The van der Waals surface area contributed by atoms with Crippen LogP contribution in [0.5, 0.6) is 0 Å². The number of amides is 2. The standard InChI is InChI=1S/C22H30N4O2/c1-5-26(6-2)22(28)24-16-10-17-18-7-14(13(3)27)8-19-21(18)15(11-23-19)9-20(17)25(4)12-16/h7-8,11,16-17,20,23H,5-6,9-10,12H2,1-4H3,(H,24,28)/t16-,17?,20+/m0/s1. The molecule has 2 amide bonds. The number of ketones is 1. The first-order valence-electron chi connectivity index (χ1n) is 10.3. The third-order valence-corrected chi connectivity index (χ3v) is 6.58. The van der Waals surface area contributed by atoms with Gasteiger partial charge in [0.15, 0.2) is 5.78 Å². The van der Waals surface area contributed by atoms with Gasteiger partial charge in [0.2, 0.25) is 0 Å². The zero-order chi connectivity index (χ0) is 20.0. The number of likely N-dealkylation sites (tertiary alicyclic amines) is 1. The van der Waals surface area contributed by atoms with Crippen LogP contribution in [0.1, 0.15) is 54.6 Å². The minimum atomic E-state index is 0.0163. The molecule has 2 heterocycles. The first kappa shape index (κ1) is 19.0. The molecule has 2 aromatic rings. The number of nitrogens with zero attached hydrogens (tertiary/aromatic N) is 2. The van der Waals surface area contributed by atoms with Crippen molar-refractivity contribution in [1.29, 1.82) is 0 Å². The molecule has 150 valence electrons. The molecule has 4 rings (SSSR count). The molecular formula is C22H30N4O2. The number of carbonyl (C=O) groups is 2. The van der Waals surface area contributed by atoms with Crippen molar-refractivity contribution in [3.05, 3.63) is 35.0 Å².